The average molecular weight is 406 g/mol. The minimum Gasteiger partial charge on any atom is -0.351 e. The van der Waals surface area contributed by atoms with E-state index in [0.717, 1.165) is 36.7 Å². The summed E-state index contributed by atoms with van der Waals surface area (Å²) in [4.78, 5) is 34.3. The molecule has 5 nitrogen and oxygen atoms in total. The number of benzene rings is 1. The van der Waals surface area contributed by atoms with Crippen LogP contribution in [0.2, 0.25) is 5.02 Å². The van der Waals surface area contributed by atoms with E-state index in [-0.39, 0.29) is 11.5 Å². The van der Waals surface area contributed by atoms with Crippen molar-refractivity contribution in [1.29, 1.82) is 0 Å². The summed E-state index contributed by atoms with van der Waals surface area (Å²) < 4.78 is 1.12. The molecule has 1 aromatic carbocycles. The summed E-state index contributed by atoms with van der Waals surface area (Å²) >= 11 is 8.53. The molecule has 2 aromatic rings. The van der Waals surface area contributed by atoms with Crippen molar-refractivity contribution in [1.82, 2.24) is 9.88 Å². The number of aliphatic imine (C=N–C) groups is 1. The molecular weight excluding hydrogens is 390 g/mol. The molecule has 1 saturated heterocycles. The molecule has 2 aliphatic rings. The van der Waals surface area contributed by atoms with Crippen LogP contribution >= 0.6 is 34.7 Å². The van der Waals surface area contributed by atoms with Crippen LogP contribution < -0.4 is 14.8 Å². The van der Waals surface area contributed by atoms with Crippen LogP contribution in [0.5, 0.6) is 0 Å². The summed E-state index contributed by atoms with van der Waals surface area (Å²) in [6, 6.07) is 7.25. The van der Waals surface area contributed by atoms with Crippen molar-refractivity contribution in [2.45, 2.75) is 19.3 Å². The fraction of sp³-hybridized carbons (Fsp3) is 0.278. The van der Waals surface area contributed by atoms with Crippen LogP contribution in [-0.4, -0.2) is 34.0 Å². The number of aromatic nitrogens is 1. The van der Waals surface area contributed by atoms with E-state index in [9.17, 15) is 9.59 Å². The zero-order chi connectivity index (χ0) is 18.1. The molecule has 3 heterocycles. The van der Waals surface area contributed by atoms with Gasteiger partial charge in [0.25, 0.3) is 11.5 Å². The predicted molar refractivity (Wildman–Crippen MR) is 108 cm³/mol. The van der Waals surface area contributed by atoms with E-state index in [4.69, 9.17) is 11.6 Å². The summed E-state index contributed by atoms with van der Waals surface area (Å²) in [5, 5.41) is 1.40. The second-order valence-corrected chi connectivity index (χ2v) is 8.59. The Morgan fingerprint density at radius 2 is 1.85 bits per heavy atom. The number of hydrogen-bond acceptors (Lipinski definition) is 5. The number of thiazole rings is 1. The number of hydrogen-bond donors (Lipinski definition) is 1. The molecule has 0 spiro atoms. The molecule has 1 aromatic heterocycles. The van der Waals surface area contributed by atoms with Crippen molar-refractivity contribution in [3.8, 4) is 0 Å². The predicted octanol–water partition coefficient (Wildman–Crippen LogP) is 2.14. The van der Waals surface area contributed by atoms with E-state index >= 15 is 0 Å². The van der Waals surface area contributed by atoms with Crippen molar-refractivity contribution in [3.63, 3.8) is 0 Å². The van der Waals surface area contributed by atoms with Gasteiger partial charge in [-0.25, -0.2) is 0 Å². The van der Waals surface area contributed by atoms with Gasteiger partial charge in [0.05, 0.1) is 4.53 Å². The van der Waals surface area contributed by atoms with Crippen LogP contribution in [0.25, 0.3) is 11.0 Å². The first-order valence-corrected chi connectivity index (χ1v) is 10.4. The number of nitrogens with one attached hydrogen (secondary N) is 1. The van der Waals surface area contributed by atoms with E-state index < -0.39 is 0 Å². The van der Waals surface area contributed by atoms with E-state index in [1.807, 2.05) is 12.1 Å². The largest absolute Gasteiger partial charge is 0.351 e. The monoisotopic (exact) mass is 405 g/mol. The molecule has 0 bridgehead atoms. The lowest BCUT2D eigenvalue weighted by atomic mass is 10.1. The highest BCUT2D eigenvalue weighted by Crippen LogP contribution is 2.29. The van der Waals surface area contributed by atoms with Gasteiger partial charge in [-0.05, 0) is 54.8 Å². The van der Waals surface area contributed by atoms with Gasteiger partial charge < -0.3 is 9.88 Å². The Morgan fingerprint density at radius 1 is 1.12 bits per heavy atom. The lowest BCUT2D eigenvalue weighted by Crippen LogP contribution is -2.33. The van der Waals surface area contributed by atoms with Crippen LogP contribution in [0.3, 0.4) is 0 Å². The Labute approximate surface area is 163 Å². The summed E-state index contributed by atoms with van der Waals surface area (Å²) in [6.45, 7) is 1.87. The van der Waals surface area contributed by atoms with Gasteiger partial charge in [-0.15, -0.1) is 11.3 Å². The summed E-state index contributed by atoms with van der Waals surface area (Å²) in [7, 11) is 0. The molecule has 1 N–H and O–H groups in total. The minimum atomic E-state index is -0.272. The van der Waals surface area contributed by atoms with E-state index in [0.29, 0.717) is 19.1 Å². The Balaban J connectivity index is 1.67. The summed E-state index contributed by atoms with van der Waals surface area (Å²) in [5.74, 6) is -0.272. The van der Waals surface area contributed by atoms with Gasteiger partial charge in [0.15, 0.2) is 5.17 Å². The number of likely N-dealkylation sites (tertiary alicyclic amines) is 1. The topological polar surface area (TPSA) is 65.5 Å². The normalized spacial score (nSPS) is 20.7. The maximum atomic E-state index is 12.3. The fourth-order valence-corrected chi connectivity index (χ4v) is 5.07. The number of amides is 1. The number of rotatable bonds is 1. The van der Waals surface area contributed by atoms with Crippen molar-refractivity contribution in [2.24, 2.45) is 4.99 Å². The Kier molecular flexibility index (Phi) is 5.02. The molecule has 4 rings (SSSR count). The van der Waals surface area contributed by atoms with Gasteiger partial charge in [0.1, 0.15) is 9.57 Å². The number of halogens is 1. The first-order valence-electron chi connectivity index (χ1n) is 8.37. The van der Waals surface area contributed by atoms with Crippen LogP contribution in [0.4, 0.5) is 0 Å². The number of carbonyl (C=O) groups is 1. The highest BCUT2D eigenvalue weighted by molar-refractivity contribution is 8.23. The third-order valence-corrected chi connectivity index (χ3v) is 6.78. The maximum Gasteiger partial charge on any atom is 0.289 e. The minimum absolute atomic E-state index is 0.202. The third-order valence-electron chi connectivity index (χ3n) is 4.25. The van der Waals surface area contributed by atoms with Crippen LogP contribution in [0.15, 0.2) is 34.1 Å². The first-order chi connectivity index (χ1) is 12.6. The highest BCUT2D eigenvalue weighted by atomic mass is 35.5. The zero-order valence-electron chi connectivity index (χ0n) is 13.8. The number of aromatic amines is 1. The third kappa shape index (κ3) is 3.65. The smallest absolute Gasteiger partial charge is 0.289 e. The number of H-pyrrole nitrogens is 1. The Morgan fingerprint density at radius 3 is 2.58 bits per heavy atom. The highest BCUT2D eigenvalue weighted by Gasteiger charge is 2.28. The van der Waals surface area contributed by atoms with Crippen molar-refractivity contribution in [2.75, 3.05) is 13.1 Å². The second kappa shape index (κ2) is 7.42. The van der Waals surface area contributed by atoms with E-state index in [1.54, 1.807) is 18.2 Å². The van der Waals surface area contributed by atoms with Crippen molar-refractivity contribution >= 4 is 56.8 Å². The molecule has 0 saturated carbocycles. The Bertz CT molecular complexity index is 1050. The summed E-state index contributed by atoms with van der Waals surface area (Å²) in [5.41, 5.74) is 0.682. The molecule has 26 heavy (non-hydrogen) atoms. The SMILES string of the molecule is O=C1N=C(N2CCCCC2)S/C1=c1/[nH]c(=O)c(=Cc2ccc(Cl)cc2)s1. The zero-order valence-corrected chi connectivity index (χ0v) is 16.2. The van der Waals surface area contributed by atoms with Crippen molar-refractivity contribution < 1.29 is 4.79 Å². The van der Waals surface area contributed by atoms with E-state index in [1.165, 1.54) is 29.5 Å². The number of amidine groups is 1. The molecule has 0 radical (unpaired) electrons. The molecule has 1 amide bonds. The lowest BCUT2D eigenvalue weighted by molar-refractivity contribution is -0.112. The average Bonchev–Trinajstić information content (AvgIpc) is 3.21. The molecule has 0 aliphatic carbocycles. The van der Waals surface area contributed by atoms with Gasteiger partial charge in [-0.3, -0.25) is 9.59 Å². The molecule has 8 heteroatoms. The quantitative estimate of drug-likeness (QED) is 0.789. The van der Waals surface area contributed by atoms with Crippen LogP contribution in [0, 0.1) is 0 Å². The number of carbonyl (C=O) groups excluding carboxylic acids is 1. The molecular formula is C18H16ClN3O2S2. The second-order valence-electron chi connectivity index (χ2n) is 6.12. The number of piperidine rings is 1. The lowest BCUT2D eigenvalue weighted by Gasteiger charge is -2.27. The fourth-order valence-electron chi connectivity index (χ4n) is 2.91. The molecule has 0 unspecified atom stereocenters. The molecule has 2 aliphatic heterocycles. The van der Waals surface area contributed by atoms with Crippen molar-refractivity contribution in [3.05, 3.63) is 54.4 Å². The summed E-state index contributed by atoms with van der Waals surface area (Å²) in [6.07, 6.45) is 5.26. The van der Waals surface area contributed by atoms with Crippen LogP contribution in [-0.2, 0) is 4.79 Å². The van der Waals surface area contributed by atoms with Gasteiger partial charge in [-0.1, -0.05) is 23.7 Å². The number of nitrogens with zero attached hydrogens (tertiary/aromatic N) is 2. The van der Waals surface area contributed by atoms with E-state index in [2.05, 4.69) is 14.9 Å². The van der Waals surface area contributed by atoms with Gasteiger partial charge >= 0.3 is 0 Å². The van der Waals surface area contributed by atoms with Gasteiger partial charge in [0, 0.05) is 18.1 Å². The molecule has 1 fully saturated rings. The first kappa shape index (κ1) is 17.6. The molecule has 0 atom stereocenters. The van der Waals surface area contributed by atoms with Crippen LogP contribution in [0.1, 0.15) is 24.8 Å². The number of thioether (sulfide) groups is 1. The van der Waals surface area contributed by atoms with Gasteiger partial charge in [0.2, 0.25) is 0 Å². The molecule has 134 valence electrons. The Hall–Kier alpha value is -1.83. The van der Waals surface area contributed by atoms with Gasteiger partial charge in [-0.2, -0.15) is 4.99 Å². The standard InChI is InChI=1S/C18H16ClN3O2S2/c19-12-6-4-11(5-7-12)10-13-15(23)20-17(25-13)14-16(24)21-18(26-14)22-8-2-1-3-9-22/h4-7,10H,1-3,8-9H2,(H,20,23)/b13-10?,17-14-. The maximum absolute atomic E-state index is 12.3.